The lowest BCUT2D eigenvalue weighted by atomic mass is 9.55. The van der Waals surface area contributed by atoms with E-state index in [0.29, 0.717) is 72.4 Å². The minimum Gasteiger partial charge on any atom is -0.478 e. The molecule has 7 aliphatic carbocycles. The monoisotopic (exact) mass is 1480 g/mol. The summed E-state index contributed by atoms with van der Waals surface area (Å²) in [6, 6.07) is 49.9. The van der Waals surface area contributed by atoms with Gasteiger partial charge in [0.25, 0.3) is 11.8 Å². The number of carbonyl (C=O) groups is 5. The van der Waals surface area contributed by atoms with E-state index in [1.54, 1.807) is 66.2 Å². The number of carbonyl (C=O) groups excluding carboxylic acids is 4. The molecule has 6 saturated carbocycles. The van der Waals surface area contributed by atoms with Crippen LogP contribution in [0.3, 0.4) is 0 Å². The Labute approximate surface area is 621 Å². The zero-order chi connectivity index (χ0) is 70.3. The number of anilines is 2. The van der Waals surface area contributed by atoms with E-state index in [4.69, 9.17) is 92.0 Å². The normalized spacial score (nSPS) is 27.7. The second-order valence-electron chi connectivity index (χ2n) is 29.3. The summed E-state index contributed by atoms with van der Waals surface area (Å²) in [7, 11) is 0. The molecule has 0 radical (unpaired) electrons. The van der Waals surface area contributed by atoms with Gasteiger partial charge in [-0.05, 0) is 288 Å². The van der Waals surface area contributed by atoms with Crippen molar-refractivity contribution in [1.29, 1.82) is 0 Å². The fraction of sp³-hybridized carbons (Fsp3) is 0.407. The van der Waals surface area contributed by atoms with Crippen molar-refractivity contribution in [1.82, 2.24) is 15.6 Å². The number of pyridine rings is 1. The smallest absolute Gasteiger partial charge is 0.335 e. The molecule has 2 unspecified atom stereocenters. The number of halogens is 7. The molecule has 7 N–H and O–H groups in total. The Hall–Kier alpha value is -6.45. The Kier molecular flexibility index (Phi) is 23.8. The number of carboxylic acids is 1. The van der Waals surface area contributed by atoms with Crippen molar-refractivity contribution in [2.45, 2.75) is 164 Å². The number of para-hydroxylation sites is 3. The van der Waals surface area contributed by atoms with E-state index in [-0.39, 0.29) is 17.4 Å². The van der Waals surface area contributed by atoms with E-state index in [1.807, 2.05) is 6.20 Å². The maximum Gasteiger partial charge on any atom is 0.335 e. The quantitative estimate of drug-likeness (QED) is 0.0798. The fourth-order valence-corrected chi connectivity index (χ4v) is 18.9. The lowest BCUT2D eigenvalue weighted by Crippen LogP contribution is -2.52. The predicted molar refractivity (Wildman–Crippen MR) is 406 cm³/mol. The largest absolute Gasteiger partial charge is 0.478 e. The third-order valence-corrected chi connectivity index (χ3v) is 25.4. The van der Waals surface area contributed by atoms with Crippen molar-refractivity contribution in [3.8, 4) is 0 Å². The standard InChI is InChI=1S/C25H29ClN2O.C25H25ClN2O.C18H26N2.C7H5ClO2.C6Cl4O2/c2*26-19-7-5-18(6-8-19)24(29)28-20-15-25(16-20)12-9-17(10-13-25)21-11-14-27-23-4-2-1-3-22(21)23;19-14-11-18(12-14)8-5-13(6-9-18)15-7-10-20-17-4-2-1-3-16(15)17;8-6-3-1-5(2-4-6)7(9)10;7-1-2(8)6(12)4(10)3(9)5(1)11/h1-8,17,20-21,27H,9-16H2,(H,28,29);1-8,11,14,17,20H,9-10,12-13,15-16H2,(H,28,29);1-4,13-15,20H,5-12,19H2;1-4H,(H,9,10);. The van der Waals surface area contributed by atoms with Crippen molar-refractivity contribution in [3.05, 3.63) is 226 Å². The molecule has 19 heteroatoms. The number of allylic oxidation sites excluding steroid dienone is 4. The fourth-order valence-electron chi connectivity index (χ4n) is 17.7. The van der Waals surface area contributed by atoms with Gasteiger partial charge in [-0.25, -0.2) is 4.79 Å². The van der Waals surface area contributed by atoms with Crippen molar-refractivity contribution < 1.29 is 29.1 Å². The van der Waals surface area contributed by atoms with Crippen LogP contribution in [0.4, 0.5) is 11.4 Å². The third kappa shape index (κ3) is 17.3. The highest BCUT2D eigenvalue weighted by Gasteiger charge is 2.50. The minimum absolute atomic E-state index is 0.0125. The van der Waals surface area contributed by atoms with Gasteiger partial charge < -0.3 is 32.1 Å². The molecule has 16 rings (SSSR count). The molecule has 3 heterocycles. The number of amides is 2. The molecular formula is C81H85Cl7N6O6. The number of ketones is 2. The number of fused-ring (bicyclic) bond motifs is 3. The van der Waals surface area contributed by atoms with Gasteiger partial charge in [0.2, 0.25) is 11.6 Å². The van der Waals surface area contributed by atoms with Crippen LogP contribution in [0.2, 0.25) is 15.1 Å². The van der Waals surface area contributed by atoms with Crippen LogP contribution in [0.15, 0.2) is 178 Å². The first-order valence-electron chi connectivity index (χ1n) is 35.2. The second-order valence-corrected chi connectivity index (χ2v) is 32.1. The summed E-state index contributed by atoms with van der Waals surface area (Å²) in [4.78, 5) is 61.6. The number of rotatable bonds is 8. The first kappa shape index (κ1) is 73.3. The highest BCUT2D eigenvalue weighted by Crippen LogP contribution is 2.58. The number of nitrogens with one attached hydrogen (secondary N) is 4. The highest BCUT2D eigenvalue weighted by atomic mass is 35.5. The van der Waals surface area contributed by atoms with Gasteiger partial charge >= 0.3 is 5.97 Å². The highest BCUT2D eigenvalue weighted by molar-refractivity contribution is 6.69. The van der Waals surface area contributed by atoms with Gasteiger partial charge in [0.05, 0.1) is 11.1 Å². The molecule has 0 saturated heterocycles. The van der Waals surface area contributed by atoms with E-state index in [1.165, 1.54) is 143 Å². The predicted octanol–water partition coefficient (Wildman–Crippen LogP) is 20.6. The third-order valence-electron chi connectivity index (χ3n) is 23.0. The average molecular weight is 1490 g/mol. The maximum atomic E-state index is 12.4. The summed E-state index contributed by atoms with van der Waals surface area (Å²) in [6.07, 6.45) is 27.6. The number of carboxylic acid groups (broad SMARTS) is 1. The summed E-state index contributed by atoms with van der Waals surface area (Å²) >= 11 is 38.8. The van der Waals surface area contributed by atoms with Crippen LogP contribution >= 0.6 is 81.2 Å². The molecule has 3 spiro atoms. The van der Waals surface area contributed by atoms with E-state index in [9.17, 15) is 24.0 Å². The summed E-state index contributed by atoms with van der Waals surface area (Å²) in [5, 5.41) is 23.6. The summed E-state index contributed by atoms with van der Waals surface area (Å²) in [6.45, 7) is 2.25. The van der Waals surface area contributed by atoms with Gasteiger partial charge in [0, 0.05) is 80.4 Å². The van der Waals surface area contributed by atoms with Gasteiger partial charge in [-0.2, -0.15) is 0 Å². The van der Waals surface area contributed by atoms with Crippen LogP contribution in [0.25, 0.3) is 10.9 Å². The molecule has 2 amide bonds. The van der Waals surface area contributed by atoms with Crippen LogP contribution in [-0.2, 0) is 9.59 Å². The van der Waals surface area contributed by atoms with Gasteiger partial charge in [-0.15, -0.1) is 0 Å². The Bertz CT molecular complexity index is 4090. The van der Waals surface area contributed by atoms with E-state index >= 15 is 0 Å². The Morgan fingerprint density at radius 3 is 1.22 bits per heavy atom. The topological polar surface area (TPSA) is 193 Å². The molecule has 7 aromatic rings. The number of aromatic carboxylic acids is 1. The SMILES string of the molecule is NC1CC2(CCC(C3CCNc4ccccc43)CC2)C1.O=C(NC1CC2(CCC(C3CCNc4ccccc43)CC2)C1)c1ccc(Cl)cc1.O=C(NC1CC2(CCC(c3ccnc4ccccc34)CC2)C1)c1ccc(Cl)cc1.O=C(O)c1ccc(Cl)cc1.O=C1C(Cl)=C(Cl)C(=O)C(Cl)=C1Cl. The number of hydrogen-bond acceptors (Lipinski definition) is 9. The van der Waals surface area contributed by atoms with Gasteiger partial charge in [-0.1, -0.05) is 136 Å². The van der Waals surface area contributed by atoms with Gasteiger partial charge in [0.1, 0.15) is 20.1 Å². The Balaban J connectivity index is 0.000000125. The van der Waals surface area contributed by atoms with Crippen molar-refractivity contribution in [2.24, 2.45) is 33.8 Å². The summed E-state index contributed by atoms with van der Waals surface area (Å²) in [5.41, 5.74) is 17.6. The molecule has 12 nitrogen and oxygen atoms in total. The zero-order valence-corrected chi connectivity index (χ0v) is 61.1. The van der Waals surface area contributed by atoms with Crippen LogP contribution < -0.4 is 27.0 Å². The van der Waals surface area contributed by atoms with Crippen molar-refractivity contribution in [3.63, 3.8) is 0 Å². The van der Waals surface area contributed by atoms with E-state index < -0.39 is 37.7 Å². The van der Waals surface area contributed by atoms with Crippen molar-refractivity contribution >= 4 is 133 Å². The minimum atomic E-state index is -0.934. The molecule has 9 aliphatic rings. The van der Waals surface area contributed by atoms with Crippen LogP contribution in [0, 0.1) is 28.1 Å². The van der Waals surface area contributed by atoms with Crippen LogP contribution in [-0.4, -0.2) is 70.7 Å². The number of Topliss-reactive ketones (excluding diaryl/α,β-unsaturated/α-hetero) is 2. The number of hydrogen-bond donors (Lipinski definition) is 6. The molecule has 6 aromatic carbocycles. The summed E-state index contributed by atoms with van der Waals surface area (Å²) in [5.74, 6) is 1.49. The number of nitrogens with two attached hydrogens (primary N) is 1. The average Bonchev–Trinajstić information content (AvgIpc) is 0.768. The maximum absolute atomic E-state index is 12.4. The zero-order valence-electron chi connectivity index (χ0n) is 55.8. The Morgan fingerprint density at radius 2 is 0.810 bits per heavy atom. The number of aromatic nitrogens is 1. The number of nitrogens with zero attached hydrogens (tertiary/aromatic N) is 1. The second kappa shape index (κ2) is 32.5. The summed E-state index contributed by atoms with van der Waals surface area (Å²) < 4.78 is 0. The van der Waals surface area contributed by atoms with Gasteiger partial charge in [-0.3, -0.25) is 24.2 Å². The van der Waals surface area contributed by atoms with E-state index in [0.717, 1.165) is 62.0 Å². The molecular weight excluding hydrogens is 1400 g/mol. The molecule has 1 aromatic heterocycles. The molecule has 0 bridgehead atoms. The molecule has 6 fully saturated rings. The van der Waals surface area contributed by atoms with Gasteiger partial charge in [0.15, 0.2) is 0 Å². The lowest BCUT2D eigenvalue weighted by molar-refractivity contribution is -0.114. The lowest BCUT2D eigenvalue weighted by Gasteiger charge is -2.53. The first-order valence-corrected chi connectivity index (χ1v) is 37.9. The molecule has 2 atom stereocenters. The molecule has 100 heavy (non-hydrogen) atoms. The molecule has 2 aliphatic heterocycles. The first-order chi connectivity index (χ1) is 48.2. The van der Waals surface area contributed by atoms with E-state index in [2.05, 4.69) is 105 Å². The molecule has 524 valence electrons. The Morgan fingerprint density at radius 1 is 0.440 bits per heavy atom. The van der Waals surface area contributed by atoms with Crippen LogP contribution in [0.5, 0.6) is 0 Å². The van der Waals surface area contributed by atoms with Crippen molar-refractivity contribution in [2.75, 3.05) is 23.7 Å². The number of benzene rings is 6. The van der Waals surface area contributed by atoms with Crippen LogP contribution in [0.1, 0.15) is 194 Å².